The maximum atomic E-state index is 12.0. The van der Waals surface area contributed by atoms with Gasteiger partial charge in [-0.3, -0.25) is 4.79 Å². The molecule has 0 spiro atoms. The van der Waals surface area contributed by atoms with E-state index in [9.17, 15) is 4.79 Å². The fraction of sp³-hybridized carbons (Fsp3) is 0.300. The van der Waals surface area contributed by atoms with Crippen LogP contribution in [0.25, 0.3) is 0 Å². The van der Waals surface area contributed by atoms with Crippen LogP contribution >= 0.6 is 0 Å². The molecule has 0 aliphatic carbocycles. The Morgan fingerprint density at radius 3 is 2.69 bits per heavy atom. The Kier molecular flexibility index (Phi) is 5.41. The standard InChI is InChI=1S/C20H22N2O4/c1-13-4-5-14(2)18(10-13)26-12-20(23)22-21-15(3)16-6-7-17-19(11-16)25-9-8-24-17/h4-7,10-11H,8-9,12H2,1-3H3,(H,22,23)/b21-15-. The van der Waals surface area contributed by atoms with Crippen molar-refractivity contribution in [3.63, 3.8) is 0 Å². The first-order chi connectivity index (χ1) is 12.5. The lowest BCUT2D eigenvalue weighted by Gasteiger charge is -2.18. The normalized spacial score (nSPS) is 13.3. The summed E-state index contributed by atoms with van der Waals surface area (Å²) in [5.74, 6) is 1.79. The third-order valence-corrected chi connectivity index (χ3v) is 4.01. The van der Waals surface area contributed by atoms with Gasteiger partial charge in [-0.15, -0.1) is 0 Å². The van der Waals surface area contributed by atoms with Crippen molar-refractivity contribution < 1.29 is 19.0 Å². The summed E-state index contributed by atoms with van der Waals surface area (Å²) >= 11 is 0. The van der Waals surface area contributed by atoms with Gasteiger partial charge in [0.2, 0.25) is 0 Å². The number of hydrazone groups is 1. The predicted molar refractivity (Wildman–Crippen MR) is 99.2 cm³/mol. The van der Waals surface area contributed by atoms with Crippen molar-refractivity contribution in [1.82, 2.24) is 5.43 Å². The van der Waals surface area contributed by atoms with Gasteiger partial charge in [0.05, 0.1) is 5.71 Å². The van der Waals surface area contributed by atoms with Gasteiger partial charge in [-0.05, 0) is 56.2 Å². The number of amides is 1. The molecule has 2 aromatic rings. The van der Waals surface area contributed by atoms with E-state index < -0.39 is 0 Å². The van der Waals surface area contributed by atoms with Gasteiger partial charge >= 0.3 is 0 Å². The number of hydrogen-bond donors (Lipinski definition) is 1. The fourth-order valence-electron chi connectivity index (χ4n) is 2.52. The van der Waals surface area contributed by atoms with Gasteiger partial charge in [0, 0.05) is 5.56 Å². The number of benzene rings is 2. The number of fused-ring (bicyclic) bond motifs is 1. The Labute approximate surface area is 152 Å². The lowest BCUT2D eigenvalue weighted by Crippen LogP contribution is -2.25. The lowest BCUT2D eigenvalue weighted by molar-refractivity contribution is -0.123. The first kappa shape index (κ1) is 17.8. The van der Waals surface area contributed by atoms with E-state index in [4.69, 9.17) is 14.2 Å². The highest BCUT2D eigenvalue weighted by molar-refractivity contribution is 5.99. The van der Waals surface area contributed by atoms with Crippen molar-refractivity contribution in [3.8, 4) is 17.2 Å². The summed E-state index contributed by atoms with van der Waals surface area (Å²) in [6.07, 6.45) is 0. The molecule has 0 atom stereocenters. The number of rotatable bonds is 5. The first-order valence-electron chi connectivity index (χ1n) is 8.46. The molecule has 0 unspecified atom stereocenters. The average molecular weight is 354 g/mol. The van der Waals surface area contributed by atoms with Crippen LogP contribution in [-0.4, -0.2) is 31.4 Å². The predicted octanol–water partition coefficient (Wildman–Crippen LogP) is 2.99. The van der Waals surface area contributed by atoms with E-state index in [0.717, 1.165) is 22.4 Å². The molecule has 1 aliphatic rings. The molecule has 136 valence electrons. The summed E-state index contributed by atoms with van der Waals surface area (Å²) in [5.41, 5.74) is 6.11. The fourth-order valence-corrected chi connectivity index (χ4v) is 2.52. The minimum absolute atomic E-state index is 0.0950. The van der Waals surface area contributed by atoms with Crippen LogP contribution in [0.4, 0.5) is 0 Å². The SMILES string of the molecule is C/C(=N/NC(=O)COc1cc(C)ccc1C)c1ccc2c(c1)OCCO2. The van der Waals surface area contributed by atoms with E-state index in [-0.39, 0.29) is 12.5 Å². The smallest absolute Gasteiger partial charge is 0.277 e. The van der Waals surface area contributed by atoms with Crippen LogP contribution in [0, 0.1) is 13.8 Å². The summed E-state index contributed by atoms with van der Waals surface area (Å²) in [7, 11) is 0. The monoisotopic (exact) mass is 354 g/mol. The second-order valence-corrected chi connectivity index (χ2v) is 6.15. The third-order valence-electron chi connectivity index (χ3n) is 4.01. The van der Waals surface area contributed by atoms with Crippen molar-refractivity contribution in [3.05, 3.63) is 53.1 Å². The Bertz CT molecular complexity index is 846. The molecule has 2 aromatic carbocycles. The van der Waals surface area contributed by atoms with Gasteiger partial charge in [-0.25, -0.2) is 5.43 Å². The summed E-state index contributed by atoms with van der Waals surface area (Å²) in [6, 6.07) is 11.5. The van der Waals surface area contributed by atoms with Gasteiger partial charge in [-0.2, -0.15) is 5.10 Å². The van der Waals surface area contributed by atoms with E-state index in [2.05, 4.69) is 10.5 Å². The van der Waals surface area contributed by atoms with Crippen molar-refractivity contribution in [2.45, 2.75) is 20.8 Å². The molecule has 0 aromatic heterocycles. The number of hydrogen-bond acceptors (Lipinski definition) is 5. The molecule has 1 heterocycles. The summed E-state index contributed by atoms with van der Waals surface area (Å²) in [5, 5.41) is 4.14. The molecular weight excluding hydrogens is 332 g/mol. The Morgan fingerprint density at radius 1 is 1.12 bits per heavy atom. The van der Waals surface area contributed by atoms with Crippen LogP contribution in [0.5, 0.6) is 17.2 Å². The zero-order valence-electron chi connectivity index (χ0n) is 15.2. The topological polar surface area (TPSA) is 69.2 Å². The van der Waals surface area contributed by atoms with Gasteiger partial charge in [-0.1, -0.05) is 12.1 Å². The molecule has 1 aliphatic heterocycles. The van der Waals surface area contributed by atoms with Crippen LogP contribution < -0.4 is 19.6 Å². The van der Waals surface area contributed by atoms with Crippen LogP contribution in [0.15, 0.2) is 41.5 Å². The number of nitrogens with one attached hydrogen (secondary N) is 1. The molecule has 0 fully saturated rings. The molecule has 0 saturated heterocycles. The highest BCUT2D eigenvalue weighted by Gasteiger charge is 2.13. The largest absolute Gasteiger partial charge is 0.486 e. The minimum atomic E-state index is -0.317. The molecule has 26 heavy (non-hydrogen) atoms. The number of ether oxygens (including phenoxy) is 3. The number of nitrogens with zero attached hydrogens (tertiary/aromatic N) is 1. The zero-order chi connectivity index (χ0) is 18.5. The van der Waals surface area contributed by atoms with Crippen molar-refractivity contribution in [1.29, 1.82) is 0 Å². The van der Waals surface area contributed by atoms with Gasteiger partial charge in [0.1, 0.15) is 19.0 Å². The van der Waals surface area contributed by atoms with Crippen LogP contribution in [0.3, 0.4) is 0 Å². The quantitative estimate of drug-likeness (QED) is 0.662. The average Bonchev–Trinajstić information content (AvgIpc) is 2.66. The van der Waals surface area contributed by atoms with Crippen molar-refractivity contribution in [2.24, 2.45) is 5.10 Å². The summed E-state index contributed by atoms with van der Waals surface area (Å²) < 4.78 is 16.6. The van der Waals surface area contributed by atoms with E-state index in [0.29, 0.717) is 30.4 Å². The lowest BCUT2D eigenvalue weighted by atomic mass is 10.1. The molecule has 0 radical (unpaired) electrons. The van der Waals surface area contributed by atoms with Gasteiger partial charge in [0.25, 0.3) is 5.91 Å². The Balaban J connectivity index is 1.58. The van der Waals surface area contributed by atoms with Gasteiger partial charge in [0.15, 0.2) is 18.1 Å². The maximum Gasteiger partial charge on any atom is 0.277 e. The first-order valence-corrected chi connectivity index (χ1v) is 8.46. The molecule has 6 heteroatoms. The molecule has 0 saturated carbocycles. The van der Waals surface area contributed by atoms with E-state index in [1.165, 1.54) is 0 Å². The van der Waals surface area contributed by atoms with E-state index in [1.807, 2.05) is 57.2 Å². The molecule has 0 bridgehead atoms. The van der Waals surface area contributed by atoms with Gasteiger partial charge < -0.3 is 14.2 Å². The highest BCUT2D eigenvalue weighted by Crippen LogP contribution is 2.30. The molecule has 3 rings (SSSR count). The molecule has 6 nitrogen and oxygen atoms in total. The number of carbonyl (C=O) groups excluding carboxylic acids is 1. The van der Waals surface area contributed by atoms with Crippen LogP contribution in [0.1, 0.15) is 23.6 Å². The highest BCUT2D eigenvalue weighted by atomic mass is 16.6. The second-order valence-electron chi connectivity index (χ2n) is 6.15. The Morgan fingerprint density at radius 2 is 1.88 bits per heavy atom. The van der Waals surface area contributed by atoms with E-state index in [1.54, 1.807) is 0 Å². The maximum absolute atomic E-state index is 12.0. The molecular formula is C20H22N2O4. The van der Waals surface area contributed by atoms with E-state index >= 15 is 0 Å². The van der Waals surface area contributed by atoms with Crippen LogP contribution in [-0.2, 0) is 4.79 Å². The summed E-state index contributed by atoms with van der Waals surface area (Å²) in [6.45, 7) is 6.72. The minimum Gasteiger partial charge on any atom is -0.486 e. The van der Waals surface area contributed by atoms with Crippen LogP contribution in [0.2, 0.25) is 0 Å². The number of carbonyl (C=O) groups is 1. The number of aryl methyl sites for hydroxylation is 2. The van der Waals surface area contributed by atoms with Crippen molar-refractivity contribution in [2.75, 3.05) is 19.8 Å². The Hall–Kier alpha value is -3.02. The molecule has 1 amide bonds. The third kappa shape index (κ3) is 4.33. The second kappa shape index (κ2) is 7.91. The molecule has 1 N–H and O–H groups in total. The van der Waals surface area contributed by atoms with Crippen molar-refractivity contribution >= 4 is 11.6 Å². The zero-order valence-corrected chi connectivity index (χ0v) is 15.2. The summed E-state index contributed by atoms with van der Waals surface area (Å²) in [4.78, 5) is 12.0.